The van der Waals surface area contributed by atoms with Gasteiger partial charge in [-0.15, -0.1) is 0 Å². The molecule has 0 aromatic heterocycles. The van der Waals surface area contributed by atoms with E-state index in [1.165, 1.54) is 0 Å². The number of rotatable bonds is 4. The van der Waals surface area contributed by atoms with E-state index in [2.05, 4.69) is 19.2 Å². The fourth-order valence-corrected chi connectivity index (χ4v) is 2.27. The predicted octanol–water partition coefficient (Wildman–Crippen LogP) is 2.08. The highest BCUT2D eigenvalue weighted by atomic mass is 16.5. The first-order valence-corrected chi connectivity index (χ1v) is 7.31. The van der Waals surface area contributed by atoms with E-state index >= 15 is 0 Å². The smallest absolute Gasteiger partial charge is 0.254 e. The van der Waals surface area contributed by atoms with Gasteiger partial charge in [0.05, 0.1) is 6.61 Å². The van der Waals surface area contributed by atoms with Crippen molar-refractivity contribution in [1.82, 2.24) is 10.2 Å². The van der Waals surface area contributed by atoms with Crippen LogP contribution in [0, 0.1) is 12.8 Å². The van der Waals surface area contributed by atoms with Crippen molar-refractivity contribution in [2.24, 2.45) is 5.92 Å². The van der Waals surface area contributed by atoms with Crippen LogP contribution in [0.5, 0.6) is 5.75 Å². The summed E-state index contributed by atoms with van der Waals surface area (Å²) in [6.45, 7) is 10.2. The number of hydrogen-bond acceptors (Lipinski definition) is 3. The first kappa shape index (κ1) is 14.9. The van der Waals surface area contributed by atoms with Crippen molar-refractivity contribution in [1.29, 1.82) is 0 Å². The largest absolute Gasteiger partial charge is 0.493 e. The maximum absolute atomic E-state index is 12.5. The summed E-state index contributed by atoms with van der Waals surface area (Å²) >= 11 is 0. The van der Waals surface area contributed by atoms with Crippen LogP contribution in [0.2, 0.25) is 0 Å². The zero-order valence-corrected chi connectivity index (χ0v) is 12.6. The summed E-state index contributed by atoms with van der Waals surface area (Å²) in [5.41, 5.74) is 1.76. The lowest BCUT2D eigenvalue weighted by Crippen LogP contribution is -2.46. The molecule has 1 aliphatic rings. The molecule has 1 heterocycles. The summed E-state index contributed by atoms with van der Waals surface area (Å²) < 4.78 is 5.69. The lowest BCUT2D eigenvalue weighted by Gasteiger charge is -2.28. The van der Waals surface area contributed by atoms with E-state index in [1.54, 1.807) is 0 Å². The molecular formula is C16H24N2O2. The molecule has 4 nitrogen and oxygen atoms in total. The van der Waals surface area contributed by atoms with Crippen LogP contribution in [0.1, 0.15) is 29.8 Å². The van der Waals surface area contributed by atoms with Crippen LogP contribution in [-0.2, 0) is 0 Å². The number of amides is 1. The van der Waals surface area contributed by atoms with Crippen LogP contribution < -0.4 is 10.1 Å². The van der Waals surface area contributed by atoms with Crippen LogP contribution >= 0.6 is 0 Å². The van der Waals surface area contributed by atoms with Gasteiger partial charge in [-0.1, -0.05) is 13.8 Å². The van der Waals surface area contributed by atoms with E-state index in [0.717, 1.165) is 43.1 Å². The molecule has 2 rings (SSSR count). The van der Waals surface area contributed by atoms with Gasteiger partial charge in [-0.3, -0.25) is 4.79 Å². The van der Waals surface area contributed by atoms with E-state index in [9.17, 15) is 4.79 Å². The SMILES string of the molecule is Cc1cc(OCC(C)C)ccc1C(=O)N1CCNCC1. The average molecular weight is 276 g/mol. The zero-order valence-electron chi connectivity index (χ0n) is 12.6. The Morgan fingerprint density at radius 3 is 2.65 bits per heavy atom. The summed E-state index contributed by atoms with van der Waals surface area (Å²) in [7, 11) is 0. The molecule has 0 unspecified atom stereocenters. The Balaban J connectivity index is 2.06. The second-order valence-corrected chi connectivity index (χ2v) is 5.72. The molecule has 0 radical (unpaired) electrons. The summed E-state index contributed by atoms with van der Waals surface area (Å²) in [6.07, 6.45) is 0. The van der Waals surface area contributed by atoms with Gasteiger partial charge in [0.2, 0.25) is 0 Å². The molecule has 1 aromatic carbocycles. The van der Waals surface area contributed by atoms with Crippen molar-refractivity contribution < 1.29 is 9.53 Å². The molecule has 0 aliphatic carbocycles. The van der Waals surface area contributed by atoms with Crippen molar-refractivity contribution in [3.05, 3.63) is 29.3 Å². The van der Waals surface area contributed by atoms with Gasteiger partial charge in [-0.2, -0.15) is 0 Å². The quantitative estimate of drug-likeness (QED) is 0.915. The Hall–Kier alpha value is -1.55. The lowest BCUT2D eigenvalue weighted by atomic mass is 10.1. The third-order valence-corrected chi connectivity index (χ3v) is 3.42. The lowest BCUT2D eigenvalue weighted by molar-refractivity contribution is 0.0735. The third kappa shape index (κ3) is 3.73. The molecule has 0 spiro atoms. The van der Waals surface area contributed by atoms with Gasteiger partial charge in [0.1, 0.15) is 5.75 Å². The Morgan fingerprint density at radius 2 is 2.05 bits per heavy atom. The molecule has 20 heavy (non-hydrogen) atoms. The van der Waals surface area contributed by atoms with Gasteiger partial charge in [-0.05, 0) is 36.6 Å². The number of piperazine rings is 1. The van der Waals surface area contributed by atoms with E-state index < -0.39 is 0 Å². The second-order valence-electron chi connectivity index (χ2n) is 5.72. The summed E-state index contributed by atoms with van der Waals surface area (Å²) in [5.74, 6) is 1.46. The Kier molecular flexibility index (Phi) is 5.01. The van der Waals surface area contributed by atoms with Crippen LogP contribution in [0.4, 0.5) is 0 Å². The second kappa shape index (κ2) is 6.75. The normalized spacial score (nSPS) is 15.5. The molecule has 1 aromatic rings. The number of aryl methyl sites for hydroxylation is 1. The minimum atomic E-state index is 0.124. The van der Waals surface area contributed by atoms with Gasteiger partial charge in [-0.25, -0.2) is 0 Å². The summed E-state index contributed by atoms with van der Waals surface area (Å²) in [5, 5.41) is 3.26. The number of carbonyl (C=O) groups is 1. The van der Waals surface area contributed by atoms with Crippen LogP contribution in [-0.4, -0.2) is 43.6 Å². The summed E-state index contributed by atoms with van der Waals surface area (Å²) in [4.78, 5) is 14.4. The zero-order chi connectivity index (χ0) is 14.5. The Labute approximate surface area is 121 Å². The summed E-state index contributed by atoms with van der Waals surface area (Å²) in [6, 6.07) is 5.73. The van der Waals surface area contributed by atoms with Gasteiger partial charge in [0.15, 0.2) is 0 Å². The predicted molar refractivity (Wildman–Crippen MR) is 80.3 cm³/mol. The number of benzene rings is 1. The number of ether oxygens (including phenoxy) is 1. The molecule has 4 heteroatoms. The molecule has 1 aliphatic heterocycles. The first-order chi connectivity index (χ1) is 9.58. The molecule has 0 saturated carbocycles. The molecule has 1 fully saturated rings. The molecule has 1 amide bonds. The van der Waals surface area contributed by atoms with Crippen molar-refractivity contribution >= 4 is 5.91 Å². The fraction of sp³-hybridized carbons (Fsp3) is 0.562. The highest BCUT2D eigenvalue weighted by Gasteiger charge is 2.19. The maximum atomic E-state index is 12.5. The number of carbonyl (C=O) groups excluding carboxylic acids is 1. The highest BCUT2D eigenvalue weighted by Crippen LogP contribution is 2.19. The van der Waals surface area contributed by atoms with E-state index in [0.29, 0.717) is 12.5 Å². The van der Waals surface area contributed by atoms with Crippen molar-refractivity contribution in [3.8, 4) is 5.75 Å². The minimum Gasteiger partial charge on any atom is -0.493 e. The van der Waals surface area contributed by atoms with Gasteiger partial charge in [0, 0.05) is 31.7 Å². The maximum Gasteiger partial charge on any atom is 0.254 e. The van der Waals surface area contributed by atoms with Crippen molar-refractivity contribution in [2.75, 3.05) is 32.8 Å². The standard InChI is InChI=1S/C16H24N2O2/c1-12(2)11-20-14-4-5-15(13(3)10-14)16(19)18-8-6-17-7-9-18/h4-5,10,12,17H,6-9,11H2,1-3H3. The Morgan fingerprint density at radius 1 is 1.35 bits per heavy atom. The Bertz CT molecular complexity index is 466. The highest BCUT2D eigenvalue weighted by molar-refractivity contribution is 5.95. The minimum absolute atomic E-state index is 0.124. The van der Waals surface area contributed by atoms with Crippen LogP contribution in [0.15, 0.2) is 18.2 Å². The molecule has 110 valence electrons. The number of hydrogen-bond donors (Lipinski definition) is 1. The molecule has 1 N–H and O–H groups in total. The van der Waals surface area contributed by atoms with Gasteiger partial charge >= 0.3 is 0 Å². The number of nitrogens with zero attached hydrogens (tertiary/aromatic N) is 1. The first-order valence-electron chi connectivity index (χ1n) is 7.31. The molecule has 0 bridgehead atoms. The van der Waals surface area contributed by atoms with E-state index in [4.69, 9.17) is 4.74 Å². The van der Waals surface area contributed by atoms with Gasteiger partial charge < -0.3 is 15.0 Å². The third-order valence-electron chi connectivity index (χ3n) is 3.42. The van der Waals surface area contributed by atoms with E-state index in [-0.39, 0.29) is 5.91 Å². The van der Waals surface area contributed by atoms with E-state index in [1.807, 2.05) is 30.0 Å². The van der Waals surface area contributed by atoms with Crippen molar-refractivity contribution in [2.45, 2.75) is 20.8 Å². The topological polar surface area (TPSA) is 41.6 Å². The number of nitrogens with one attached hydrogen (secondary N) is 1. The van der Waals surface area contributed by atoms with Gasteiger partial charge in [0.25, 0.3) is 5.91 Å². The molecule has 0 atom stereocenters. The van der Waals surface area contributed by atoms with Crippen molar-refractivity contribution in [3.63, 3.8) is 0 Å². The monoisotopic (exact) mass is 276 g/mol. The molecular weight excluding hydrogens is 252 g/mol. The average Bonchev–Trinajstić information content (AvgIpc) is 2.45. The molecule has 1 saturated heterocycles. The van der Waals surface area contributed by atoms with Crippen LogP contribution in [0.3, 0.4) is 0 Å². The van der Waals surface area contributed by atoms with Crippen LogP contribution in [0.25, 0.3) is 0 Å². The fourth-order valence-electron chi connectivity index (χ4n) is 2.27.